The van der Waals surface area contributed by atoms with Crippen LogP contribution in [-0.2, 0) is 14.3 Å². The number of nitrogens with zero attached hydrogens (tertiary/aromatic N) is 2. The highest BCUT2D eigenvalue weighted by Crippen LogP contribution is 2.19. The molecule has 2 heterocycles. The molecule has 1 aliphatic heterocycles. The van der Waals surface area contributed by atoms with Gasteiger partial charge in [0.15, 0.2) is 0 Å². The van der Waals surface area contributed by atoms with Gasteiger partial charge in [-0.05, 0) is 6.92 Å². The van der Waals surface area contributed by atoms with Gasteiger partial charge in [0.05, 0.1) is 19.3 Å². The molecule has 0 radical (unpaired) electrons. The van der Waals surface area contributed by atoms with Crippen molar-refractivity contribution in [2.24, 2.45) is 5.92 Å². The molecule has 23 heavy (non-hydrogen) atoms. The Morgan fingerprint density at radius 1 is 1.52 bits per heavy atom. The normalized spacial score (nSPS) is 26.3. The summed E-state index contributed by atoms with van der Waals surface area (Å²) in [5, 5.41) is 13.1. The zero-order chi connectivity index (χ0) is 17.0. The van der Waals surface area contributed by atoms with Gasteiger partial charge in [-0.25, -0.2) is 4.98 Å². The molecule has 0 aromatic carbocycles. The van der Waals surface area contributed by atoms with E-state index in [1.165, 1.54) is 0 Å². The van der Waals surface area contributed by atoms with E-state index in [0.29, 0.717) is 19.8 Å². The van der Waals surface area contributed by atoms with Crippen LogP contribution in [0.15, 0.2) is 12.4 Å². The van der Waals surface area contributed by atoms with E-state index < -0.39 is 6.10 Å². The molecule has 1 saturated heterocycles. The summed E-state index contributed by atoms with van der Waals surface area (Å²) < 4.78 is 12.5. The van der Waals surface area contributed by atoms with Crippen molar-refractivity contribution in [2.45, 2.75) is 44.9 Å². The second-order valence-corrected chi connectivity index (χ2v) is 6.33. The maximum atomic E-state index is 12.4. The summed E-state index contributed by atoms with van der Waals surface area (Å²) in [6.07, 6.45) is 2.55. The largest absolute Gasteiger partial charge is 0.390 e. The molecule has 0 aliphatic carbocycles. The van der Waals surface area contributed by atoms with E-state index in [0.717, 1.165) is 5.82 Å². The van der Waals surface area contributed by atoms with Crippen LogP contribution in [-0.4, -0.2) is 59.6 Å². The number of ether oxygens (including phenoxy) is 2. The molecule has 0 spiro atoms. The molecule has 1 aliphatic rings. The van der Waals surface area contributed by atoms with E-state index in [1.54, 1.807) is 13.3 Å². The first-order valence-electron chi connectivity index (χ1n) is 8.04. The number of aliphatic hydroxyl groups is 1. The molecule has 1 aromatic rings. The lowest BCUT2D eigenvalue weighted by atomic mass is 9.96. The van der Waals surface area contributed by atoms with E-state index in [2.05, 4.69) is 10.3 Å². The molecule has 7 nitrogen and oxygen atoms in total. The van der Waals surface area contributed by atoms with Gasteiger partial charge in [0.25, 0.3) is 0 Å². The molecule has 0 bridgehead atoms. The molecule has 2 rings (SSSR count). The Morgan fingerprint density at radius 2 is 2.26 bits per heavy atom. The highest BCUT2D eigenvalue weighted by Gasteiger charge is 2.33. The van der Waals surface area contributed by atoms with Crippen molar-refractivity contribution in [3.8, 4) is 0 Å². The summed E-state index contributed by atoms with van der Waals surface area (Å²) in [6, 6.07) is -0.352. The number of hydrogen-bond donors (Lipinski definition) is 2. The lowest BCUT2D eigenvalue weighted by Crippen LogP contribution is -2.49. The molecule has 130 valence electrons. The summed E-state index contributed by atoms with van der Waals surface area (Å²) >= 11 is 0. The molecule has 7 heteroatoms. The maximum absolute atomic E-state index is 12.4. The number of amides is 1. The minimum atomic E-state index is -0.635. The Balaban J connectivity index is 1.92. The third-order valence-corrected chi connectivity index (χ3v) is 4.33. The predicted molar refractivity (Wildman–Crippen MR) is 85.1 cm³/mol. The molecular weight excluding hydrogens is 298 g/mol. The fourth-order valence-corrected chi connectivity index (χ4v) is 2.83. The average Bonchev–Trinajstić information content (AvgIpc) is 3.02. The van der Waals surface area contributed by atoms with E-state index in [4.69, 9.17) is 9.47 Å². The minimum absolute atomic E-state index is 0.100. The fraction of sp³-hybridized carbons (Fsp3) is 0.750. The van der Waals surface area contributed by atoms with E-state index in [-0.39, 0.29) is 29.9 Å². The van der Waals surface area contributed by atoms with Gasteiger partial charge < -0.3 is 24.5 Å². The summed E-state index contributed by atoms with van der Waals surface area (Å²) in [4.78, 5) is 16.7. The third kappa shape index (κ3) is 4.10. The number of nitrogens with one attached hydrogen (secondary N) is 1. The average molecular weight is 325 g/mol. The molecule has 2 N–H and O–H groups in total. The van der Waals surface area contributed by atoms with Crippen LogP contribution in [0.5, 0.6) is 0 Å². The van der Waals surface area contributed by atoms with Crippen molar-refractivity contribution in [3.63, 3.8) is 0 Å². The third-order valence-electron chi connectivity index (χ3n) is 4.33. The molecular formula is C16H27N3O4. The number of carbonyl (C=O) groups is 1. The topological polar surface area (TPSA) is 85.6 Å². The molecule has 4 atom stereocenters. The van der Waals surface area contributed by atoms with Crippen LogP contribution in [0.4, 0.5) is 0 Å². The second-order valence-electron chi connectivity index (χ2n) is 6.33. The van der Waals surface area contributed by atoms with Crippen LogP contribution >= 0.6 is 0 Å². The lowest BCUT2D eigenvalue weighted by molar-refractivity contribution is -0.137. The summed E-state index contributed by atoms with van der Waals surface area (Å²) in [5.74, 6) is 0.859. The Kier molecular flexibility index (Phi) is 6.15. The van der Waals surface area contributed by atoms with Crippen molar-refractivity contribution in [1.29, 1.82) is 0 Å². The Morgan fingerprint density at radius 3 is 2.91 bits per heavy atom. The second kappa shape index (κ2) is 7.90. The zero-order valence-corrected chi connectivity index (χ0v) is 14.2. The number of rotatable bonds is 6. The van der Waals surface area contributed by atoms with Gasteiger partial charge in [-0.15, -0.1) is 0 Å². The summed E-state index contributed by atoms with van der Waals surface area (Å²) in [6.45, 7) is 7.09. The smallest absolute Gasteiger partial charge is 0.242 e. The van der Waals surface area contributed by atoms with E-state index in [9.17, 15) is 9.90 Å². The predicted octanol–water partition coefficient (Wildman–Crippen LogP) is 0.706. The minimum Gasteiger partial charge on any atom is -0.390 e. The number of imidazole rings is 1. The van der Waals surface area contributed by atoms with Crippen molar-refractivity contribution < 1.29 is 19.4 Å². The quantitative estimate of drug-likeness (QED) is 0.804. The zero-order valence-electron chi connectivity index (χ0n) is 14.2. The molecule has 1 fully saturated rings. The van der Waals surface area contributed by atoms with Crippen molar-refractivity contribution in [1.82, 2.24) is 14.9 Å². The van der Waals surface area contributed by atoms with Crippen molar-refractivity contribution >= 4 is 5.91 Å². The lowest BCUT2D eigenvalue weighted by Gasteiger charge is -2.34. The molecule has 0 saturated carbocycles. The van der Waals surface area contributed by atoms with Gasteiger partial charge in [0, 0.05) is 37.9 Å². The first-order chi connectivity index (χ1) is 11.0. The van der Waals surface area contributed by atoms with Crippen LogP contribution < -0.4 is 5.32 Å². The van der Waals surface area contributed by atoms with Crippen LogP contribution in [0.3, 0.4) is 0 Å². The Hall–Kier alpha value is -1.44. The van der Waals surface area contributed by atoms with Gasteiger partial charge in [-0.2, -0.15) is 0 Å². The summed E-state index contributed by atoms with van der Waals surface area (Å²) in [5.41, 5.74) is 0. The first kappa shape index (κ1) is 17.9. The SMILES string of the molecule is CO[C@@H]1COC[C@@H](CNC(=O)C(C)n2ccnc2C(C)C)[C@@H]1O. The van der Waals surface area contributed by atoms with E-state index in [1.807, 2.05) is 31.5 Å². The standard InChI is InChI=1S/C16H27N3O4/c1-10(2)15-17-5-6-19(15)11(3)16(21)18-7-12-8-23-9-13(22-4)14(12)20/h5-6,10-14,20H,7-9H2,1-4H3,(H,18,21)/t11?,12-,13-,14+/m1/s1. The molecule has 1 unspecified atom stereocenters. The maximum Gasteiger partial charge on any atom is 0.242 e. The highest BCUT2D eigenvalue weighted by molar-refractivity contribution is 5.80. The van der Waals surface area contributed by atoms with Crippen LogP contribution in [0.2, 0.25) is 0 Å². The van der Waals surface area contributed by atoms with Gasteiger partial charge >= 0.3 is 0 Å². The van der Waals surface area contributed by atoms with Gasteiger partial charge in [-0.1, -0.05) is 13.8 Å². The Labute approximate surface area is 137 Å². The number of aromatic nitrogens is 2. The van der Waals surface area contributed by atoms with Crippen molar-refractivity contribution in [3.05, 3.63) is 18.2 Å². The van der Waals surface area contributed by atoms with Crippen LogP contribution in [0.1, 0.15) is 38.6 Å². The number of aliphatic hydroxyl groups excluding tert-OH is 1. The number of methoxy groups -OCH3 is 1. The van der Waals surface area contributed by atoms with Crippen LogP contribution in [0, 0.1) is 5.92 Å². The van der Waals surface area contributed by atoms with E-state index >= 15 is 0 Å². The number of carbonyl (C=O) groups excluding carboxylic acids is 1. The van der Waals surface area contributed by atoms with Crippen LogP contribution in [0.25, 0.3) is 0 Å². The van der Waals surface area contributed by atoms with Gasteiger partial charge in [0.1, 0.15) is 18.0 Å². The van der Waals surface area contributed by atoms with Gasteiger partial charge in [0.2, 0.25) is 5.91 Å². The summed E-state index contributed by atoms with van der Waals surface area (Å²) in [7, 11) is 1.55. The first-order valence-corrected chi connectivity index (χ1v) is 8.04. The molecule has 1 aromatic heterocycles. The fourth-order valence-electron chi connectivity index (χ4n) is 2.83. The molecule has 1 amide bonds. The van der Waals surface area contributed by atoms with Gasteiger partial charge in [-0.3, -0.25) is 4.79 Å². The van der Waals surface area contributed by atoms with Crippen molar-refractivity contribution in [2.75, 3.05) is 26.9 Å². The Bertz CT molecular complexity index is 517. The highest BCUT2D eigenvalue weighted by atomic mass is 16.5. The number of hydrogen-bond acceptors (Lipinski definition) is 5. The monoisotopic (exact) mass is 325 g/mol.